The van der Waals surface area contributed by atoms with Crippen molar-refractivity contribution < 1.29 is 13.2 Å². The number of sulfonamides is 1. The Morgan fingerprint density at radius 2 is 1.88 bits per heavy atom. The summed E-state index contributed by atoms with van der Waals surface area (Å²) in [5.74, 6) is 0.0453. The molecule has 1 N–H and O–H groups in total. The molecule has 0 aliphatic carbocycles. The van der Waals surface area contributed by atoms with Crippen LogP contribution in [0.15, 0.2) is 48.5 Å². The summed E-state index contributed by atoms with van der Waals surface area (Å²) in [6.45, 7) is 2.65. The molecule has 0 spiro atoms. The van der Waals surface area contributed by atoms with Crippen LogP contribution in [-0.4, -0.2) is 20.9 Å². The summed E-state index contributed by atoms with van der Waals surface area (Å²) in [7, 11) is -3.48. The first kappa shape index (κ1) is 16.5. The molecule has 2 aromatic carbocycles. The average Bonchev–Trinajstić information content (AvgIpc) is 2.93. The molecule has 2 aromatic rings. The van der Waals surface area contributed by atoms with E-state index in [1.807, 2.05) is 25.1 Å². The van der Waals surface area contributed by atoms with Gasteiger partial charge in [0.05, 0.1) is 5.75 Å². The Kier molecular flexibility index (Phi) is 4.57. The van der Waals surface area contributed by atoms with Crippen LogP contribution < -0.4 is 9.62 Å². The largest absolute Gasteiger partial charge is 0.312 e. The predicted molar refractivity (Wildman–Crippen MR) is 95.5 cm³/mol. The quantitative estimate of drug-likeness (QED) is 0.906. The van der Waals surface area contributed by atoms with Gasteiger partial charge in [-0.3, -0.25) is 9.52 Å². The molecule has 0 bridgehead atoms. The molecule has 1 aliphatic heterocycles. The fourth-order valence-corrected chi connectivity index (χ4v) is 4.05. The van der Waals surface area contributed by atoms with Crippen molar-refractivity contribution in [3.63, 3.8) is 0 Å². The van der Waals surface area contributed by atoms with Crippen molar-refractivity contribution in [2.45, 2.75) is 25.5 Å². The second-order valence-corrected chi connectivity index (χ2v) is 7.77. The Labute approximate surface area is 142 Å². The lowest BCUT2D eigenvalue weighted by Gasteiger charge is -2.16. The highest BCUT2D eigenvalue weighted by Gasteiger charge is 2.21. The van der Waals surface area contributed by atoms with Crippen LogP contribution in [0.5, 0.6) is 0 Å². The normalized spacial score (nSPS) is 14.9. The topological polar surface area (TPSA) is 66.5 Å². The first-order chi connectivity index (χ1) is 11.4. The molecule has 3 rings (SSSR count). The van der Waals surface area contributed by atoms with Crippen LogP contribution in [0.4, 0.5) is 11.4 Å². The second kappa shape index (κ2) is 6.65. The van der Waals surface area contributed by atoms with Crippen molar-refractivity contribution in [2.24, 2.45) is 0 Å². The number of benzene rings is 2. The number of rotatable bonds is 5. The first-order valence-corrected chi connectivity index (χ1v) is 9.55. The van der Waals surface area contributed by atoms with E-state index in [1.54, 1.807) is 35.2 Å². The van der Waals surface area contributed by atoms with Gasteiger partial charge in [0.25, 0.3) is 0 Å². The van der Waals surface area contributed by atoms with Crippen LogP contribution in [0.2, 0.25) is 0 Å². The maximum absolute atomic E-state index is 12.3. The summed E-state index contributed by atoms with van der Waals surface area (Å²) in [6.07, 6.45) is 1.44. The van der Waals surface area contributed by atoms with Crippen LogP contribution in [0.25, 0.3) is 0 Å². The van der Waals surface area contributed by atoms with Crippen LogP contribution in [-0.2, 0) is 20.6 Å². The van der Waals surface area contributed by atoms with Crippen LogP contribution in [0.3, 0.4) is 0 Å². The summed E-state index contributed by atoms with van der Waals surface area (Å²) >= 11 is 0. The summed E-state index contributed by atoms with van der Waals surface area (Å²) in [5, 5.41) is 0. The third kappa shape index (κ3) is 3.94. The lowest BCUT2D eigenvalue weighted by molar-refractivity contribution is -0.117. The predicted octanol–water partition coefficient (Wildman–Crippen LogP) is 3.06. The van der Waals surface area contributed by atoms with Gasteiger partial charge in [0.15, 0.2) is 0 Å². The van der Waals surface area contributed by atoms with Crippen molar-refractivity contribution in [1.82, 2.24) is 0 Å². The summed E-state index contributed by atoms with van der Waals surface area (Å²) < 4.78 is 27.2. The van der Waals surface area contributed by atoms with E-state index in [1.165, 1.54) is 0 Å². The molecule has 5 nitrogen and oxygen atoms in total. The van der Waals surface area contributed by atoms with E-state index in [9.17, 15) is 13.2 Å². The van der Waals surface area contributed by atoms with E-state index in [4.69, 9.17) is 0 Å². The van der Waals surface area contributed by atoms with Crippen molar-refractivity contribution in [2.75, 3.05) is 16.2 Å². The van der Waals surface area contributed by atoms with Crippen LogP contribution in [0.1, 0.15) is 24.0 Å². The number of hydrogen-bond donors (Lipinski definition) is 1. The van der Waals surface area contributed by atoms with Gasteiger partial charge in [-0.25, -0.2) is 8.42 Å². The van der Waals surface area contributed by atoms with Gasteiger partial charge in [0.2, 0.25) is 15.9 Å². The Balaban J connectivity index is 1.69. The van der Waals surface area contributed by atoms with E-state index < -0.39 is 10.0 Å². The first-order valence-electron chi connectivity index (χ1n) is 7.89. The fourth-order valence-electron chi connectivity index (χ4n) is 2.87. The molecule has 6 heteroatoms. The Hall–Kier alpha value is -2.34. The Bertz CT molecular complexity index is 845. The van der Waals surface area contributed by atoms with Crippen LogP contribution >= 0.6 is 0 Å². The van der Waals surface area contributed by atoms with Gasteiger partial charge in [0, 0.05) is 24.3 Å². The van der Waals surface area contributed by atoms with E-state index in [-0.39, 0.29) is 11.7 Å². The standard InChI is InChI=1S/C18H20N2O3S/c1-14-4-2-5-15(12-14)13-24(22,23)19-16-7-9-17(10-8-16)20-11-3-6-18(20)21/h2,4-5,7-10,12,19H,3,6,11,13H2,1H3. The van der Waals surface area contributed by atoms with Crippen molar-refractivity contribution in [1.29, 1.82) is 0 Å². The molecule has 126 valence electrons. The minimum absolute atomic E-state index is 0.0684. The smallest absolute Gasteiger partial charge is 0.236 e. The van der Waals surface area contributed by atoms with Crippen LogP contribution in [0, 0.1) is 6.92 Å². The molecule has 24 heavy (non-hydrogen) atoms. The number of aryl methyl sites for hydroxylation is 1. The van der Waals surface area contributed by atoms with Crippen molar-refractivity contribution in [3.8, 4) is 0 Å². The zero-order valence-electron chi connectivity index (χ0n) is 13.5. The van der Waals surface area contributed by atoms with E-state index in [0.29, 0.717) is 12.1 Å². The van der Waals surface area contributed by atoms with Gasteiger partial charge in [-0.2, -0.15) is 0 Å². The van der Waals surface area contributed by atoms with E-state index >= 15 is 0 Å². The van der Waals surface area contributed by atoms with Gasteiger partial charge >= 0.3 is 0 Å². The molecule has 1 saturated heterocycles. The average molecular weight is 344 g/mol. The van der Waals surface area contributed by atoms with Crippen molar-refractivity contribution >= 4 is 27.3 Å². The zero-order chi connectivity index (χ0) is 17.2. The van der Waals surface area contributed by atoms with Gasteiger partial charge in [-0.05, 0) is 43.2 Å². The lowest BCUT2D eigenvalue weighted by atomic mass is 10.2. The number of amides is 1. The molecule has 1 amide bonds. The number of nitrogens with one attached hydrogen (secondary N) is 1. The molecular formula is C18H20N2O3S. The lowest BCUT2D eigenvalue weighted by Crippen LogP contribution is -2.23. The molecule has 0 unspecified atom stereocenters. The number of anilines is 2. The fraction of sp³-hybridized carbons (Fsp3) is 0.278. The summed E-state index contributed by atoms with van der Waals surface area (Å²) in [5.41, 5.74) is 3.08. The maximum atomic E-state index is 12.3. The van der Waals surface area contributed by atoms with Gasteiger partial charge in [0.1, 0.15) is 0 Å². The molecule has 0 saturated carbocycles. The summed E-state index contributed by atoms with van der Waals surface area (Å²) in [4.78, 5) is 13.5. The third-order valence-corrected chi connectivity index (χ3v) is 5.22. The Morgan fingerprint density at radius 3 is 2.50 bits per heavy atom. The number of carbonyl (C=O) groups is 1. The van der Waals surface area contributed by atoms with Crippen molar-refractivity contribution in [3.05, 3.63) is 59.7 Å². The van der Waals surface area contributed by atoms with Gasteiger partial charge in [-0.15, -0.1) is 0 Å². The SMILES string of the molecule is Cc1cccc(CS(=O)(=O)Nc2ccc(N3CCCC3=O)cc2)c1. The molecule has 0 radical (unpaired) electrons. The molecule has 0 atom stereocenters. The molecule has 0 aromatic heterocycles. The monoisotopic (exact) mass is 344 g/mol. The highest BCUT2D eigenvalue weighted by molar-refractivity contribution is 7.91. The molecular weight excluding hydrogens is 324 g/mol. The second-order valence-electron chi connectivity index (χ2n) is 6.05. The van der Waals surface area contributed by atoms with Gasteiger partial charge in [-0.1, -0.05) is 29.8 Å². The zero-order valence-corrected chi connectivity index (χ0v) is 14.3. The van der Waals surface area contributed by atoms with E-state index in [0.717, 1.165) is 29.8 Å². The van der Waals surface area contributed by atoms with Gasteiger partial charge < -0.3 is 4.90 Å². The molecule has 1 aliphatic rings. The minimum Gasteiger partial charge on any atom is -0.312 e. The number of hydrogen-bond acceptors (Lipinski definition) is 3. The minimum atomic E-state index is -3.48. The Morgan fingerprint density at radius 1 is 1.12 bits per heavy atom. The summed E-state index contributed by atoms with van der Waals surface area (Å²) in [6, 6.07) is 14.4. The third-order valence-electron chi connectivity index (χ3n) is 3.96. The number of carbonyl (C=O) groups excluding carboxylic acids is 1. The highest BCUT2D eigenvalue weighted by Crippen LogP contribution is 2.23. The maximum Gasteiger partial charge on any atom is 0.236 e. The molecule has 1 heterocycles. The highest BCUT2D eigenvalue weighted by atomic mass is 32.2. The van der Waals surface area contributed by atoms with E-state index in [2.05, 4.69) is 4.72 Å². The molecule has 1 fully saturated rings. The number of nitrogens with zero attached hydrogens (tertiary/aromatic N) is 1.